The molecule has 0 atom stereocenters. The number of benzene rings is 2. The van der Waals surface area contributed by atoms with Gasteiger partial charge >= 0.3 is 0 Å². The Morgan fingerprint density at radius 3 is 2.77 bits per heavy atom. The number of ether oxygens (including phenoxy) is 1. The van der Waals surface area contributed by atoms with E-state index in [4.69, 9.17) is 9.15 Å². The lowest BCUT2D eigenvalue weighted by Gasteiger charge is -2.15. The second-order valence-electron chi connectivity index (χ2n) is 6.97. The zero-order chi connectivity index (χ0) is 20.9. The minimum Gasteiger partial charge on any atom is -0.484 e. The summed E-state index contributed by atoms with van der Waals surface area (Å²) in [5, 5.41) is 8.24. The van der Waals surface area contributed by atoms with Crippen LogP contribution in [0.2, 0.25) is 0 Å². The van der Waals surface area contributed by atoms with E-state index < -0.39 is 0 Å². The molecular weight excluding hydrogens is 402 g/mol. The van der Waals surface area contributed by atoms with Crippen molar-refractivity contribution in [2.24, 2.45) is 0 Å². The summed E-state index contributed by atoms with van der Waals surface area (Å²) in [7, 11) is 0. The van der Waals surface area contributed by atoms with Gasteiger partial charge in [-0.25, -0.2) is 0 Å². The largest absolute Gasteiger partial charge is 0.484 e. The summed E-state index contributed by atoms with van der Waals surface area (Å²) in [6.07, 6.45) is 1.46. The van der Waals surface area contributed by atoms with E-state index in [0.29, 0.717) is 23.1 Å². The zero-order valence-corrected chi connectivity index (χ0v) is 17.4. The van der Waals surface area contributed by atoms with Crippen LogP contribution >= 0.6 is 11.8 Å². The minimum atomic E-state index is -0.0462. The molecule has 1 aliphatic rings. The van der Waals surface area contributed by atoms with Crippen molar-refractivity contribution in [3.63, 3.8) is 0 Å². The zero-order valence-electron chi connectivity index (χ0n) is 16.5. The van der Waals surface area contributed by atoms with Crippen LogP contribution in [0.25, 0.3) is 0 Å². The third-order valence-electron chi connectivity index (χ3n) is 4.70. The smallest absolute Gasteiger partial charge is 0.277 e. The number of thioether (sulfide) groups is 1. The summed E-state index contributed by atoms with van der Waals surface area (Å²) in [5.74, 6) is 1.35. The molecule has 1 amide bonds. The van der Waals surface area contributed by atoms with Crippen LogP contribution in [-0.4, -0.2) is 34.2 Å². The van der Waals surface area contributed by atoms with Crippen molar-refractivity contribution >= 4 is 29.1 Å². The van der Waals surface area contributed by atoms with E-state index in [-0.39, 0.29) is 24.1 Å². The topological polar surface area (TPSA) is 85.5 Å². The molecule has 7 nitrogen and oxygen atoms in total. The molecule has 0 spiro atoms. The number of hydrogen-bond acceptors (Lipinski definition) is 7. The number of Topliss-reactive ketones (excluding diaryl/α,β-unsaturated/α-hetero) is 1. The summed E-state index contributed by atoms with van der Waals surface area (Å²) in [6, 6.07) is 14.8. The minimum absolute atomic E-state index is 0.0462. The van der Waals surface area contributed by atoms with Gasteiger partial charge in [0, 0.05) is 24.2 Å². The van der Waals surface area contributed by atoms with Gasteiger partial charge in [-0.3, -0.25) is 9.59 Å². The normalized spacial score (nSPS) is 13.6. The molecule has 1 aromatic heterocycles. The van der Waals surface area contributed by atoms with Gasteiger partial charge in [-0.15, -0.1) is 10.2 Å². The molecular formula is C22H21N3O4S. The highest BCUT2D eigenvalue weighted by atomic mass is 32.2. The Morgan fingerprint density at radius 2 is 2.03 bits per heavy atom. The Hall–Kier alpha value is -3.13. The summed E-state index contributed by atoms with van der Waals surface area (Å²) in [5.41, 5.74) is 2.52. The Morgan fingerprint density at radius 1 is 1.20 bits per heavy atom. The van der Waals surface area contributed by atoms with Gasteiger partial charge in [0.05, 0.1) is 5.75 Å². The average Bonchev–Trinajstić information content (AvgIpc) is 3.39. The number of carbonyl (C=O) groups is 2. The molecule has 0 aliphatic carbocycles. The van der Waals surface area contributed by atoms with Crippen LogP contribution in [0.4, 0.5) is 5.69 Å². The third kappa shape index (κ3) is 4.88. The standard InChI is InChI=1S/C22H21N3O4S/c1-15-4-2-5-18(12-15)28-13-20-23-24-22(29-20)30-14-19(26)16-7-9-17(10-8-16)25-11-3-6-21(25)27/h2,4-5,7-10,12H,3,6,11,13-14H2,1H3. The van der Waals surface area contributed by atoms with Crippen molar-refractivity contribution in [2.45, 2.75) is 31.6 Å². The lowest BCUT2D eigenvalue weighted by atomic mass is 10.1. The highest BCUT2D eigenvalue weighted by molar-refractivity contribution is 7.99. The van der Waals surface area contributed by atoms with E-state index in [1.54, 1.807) is 17.0 Å². The molecule has 1 fully saturated rings. The van der Waals surface area contributed by atoms with Gasteiger partial charge in [-0.1, -0.05) is 23.9 Å². The molecule has 1 aliphatic heterocycles. The molecule has 3 aromatic rings. The maximum absolute atomic E-state index is 12.4. The first-order chi connectivity index (χ1) is 14.6. The van der Waals surface area contributed by atoms with Crippen LogP contribution < -0.4 is 9.64 Å². The van der Waals surface area contributed by atoms with E-state index in [1.165, 1.54) is 11.8 Å². The first-order valence-electron chi connectivity index (χ1n) is 9.67. The highest BCUT2D eigenvalue weighted by Crippen LogP contribution is 2.23. The lowest BCUT2D eigenvalue weighted by molar-refractivity contribution is -0.117. The van der Waals surface area contributed by atoms with Crippen LogP contribution in [0.3, 0.4) is 0 Å². The molecule has 2 heterocycles. The predicted octanol–water partition coefficient (Wildman–Crippen LogP) is 4.06. The van der Waals surface area contributed by atoms with Crippen LogP contribution in [-0.2, 0) is 11.4 Å². The first kappa shape index (κ1) is 20.2. The van der Waals surface area contributed by atoms with Gasteiger partial charge < -0.3 is 14.1 Å². The average molecular weight is 423 g/mol. The second-order valence-corrected chi connectivity index (χ2v) is 7.90. The number of rotatable bonds is 8. The van der Waals surface area contributed by atoms with E-state index in [9.17, 15) is 9.59 Å². The van der Waals surface area contributed by atoms with Crippen molar-refractivity contribution in [1.82, 2.24) is 10.2 Å². The molecule has 8 heteroatoms. The molecule has 30 heavy (non-hydrogen) atoms. The molecule has 0 saturated carbocycles. The molecule has 0 N–H and O–H groups in total. The number of nitrogens with zero attached hydrogens (tertiary/aromatic N) is 3. The molecule has 2 aromatic carbocycles. The fourth-order valence-electron chi connectivity index (χ4n) is 3.16. The number of aryl methyl sites for hydroxylation is 1. The summed E-state index contributed by atoms with van der Waals surface area (Å²) in [6.45, 7) is 2.89. The number of hydrogen-bond donors (Lipinski definition) is 0. The van der Waals surface area contributed by atoms with Crippen molar-refractivity contribution < 1.29 is 18.7 Å². The van der Waals surface area contributed by atoms with E-state index in [1.807, 2.05) is 43.3 Å². The lowest BCUT2D eigenvalue weighted by Crippen LogP contribution is -2.23. The predicted molar refractivity (Wildman–Crippen MR) is 113 cm³/mol. The van der Waals surface area contributed by atoms with Crippen molar-refractivity contribution in [3.8, 4) is 5.75 Å². The summed E-state index contributed by atoms with van der Waals surface area (Å²) in [4.78, 5) is 26.0. The molecule has 0 bridgehead atoms. The van der Waals surface area contributed by atoms with Crippen LogP contribution in [0.15, 0.2) is 58.2 Å². The van der Waals surface area contributed by atoms with Gasteiger partial charge in [-0.05, 0) is 55.3 Å². The van der Waals surface area contributed by atoms with Gasteiger partial charge in [0.25, 0.3) is 11.1 Å². The van der Waals surface area contributed by atoms with Gasteiger partial charge in [0.15, 0.2) is 12.4 Å². The van der Waals surface area contributed by atoms with Crippen LogP contribution in [0.5, 0.6) is 5.75 Å². The highest BCUT2D eigenvalue weighted by Gasteiger charge is 2.21. The van der Waals surface area contributed by atoms with Gasteiger partial charge in [0.2, 0.25) is 5.91 Å². The van der Waals surface area contributed by atoms with E-state index in [2.05, 4.69) is 10.2 Å². The van der Waals surface area contributed by atoms with E-state index >= 15 is 0 Å². The third-order valence-corrected chi connectivity index (χ3v) is 5.52. The van der Waals surface area contributed by atoms with Crippen molar-refractivity contribution in [2.75, 3.05) is 17.2 Å². The summed E-state index contributed by atoms with van der Waals surface area (Å²) < 4.78 is 11.2. The maximum Gasteiger partial charge on any atom is 0.277 e. The number of carbonyl (C=O) groups excluding carboxylic acids is 2. The number of aromatic nitrogens is 2. The second kappa shape index (κ2) is 9.13. The number of ketones is 1. The van der Waals surface area contributed by atoms with Gasteiger partial charge in [-0.2, -0.15) is 0 Å². The SMILES string of the molecule is Cc1cccc(OCc2nnc(SCC(=O)c3ccc(N4CCCC4=O)cc3)o2)c1. The van der Waals surface area contributed by atoms with Crippen molar-refractivity contribution in [3.05, 3.63) is 65.5 Å². The molecule has 0 radical (unpaired) electrons. The molecule has 4 rings (SSSR count). The Labute approximate surface area is 178 Å². The Bertz CT molecular complexity index is 1050. The Kier molecular flexibility index (Phi) is 6.13. The first-order valence-corrected chi connectivity index (χ1v) is 10.7. The summed E-state index contributed by atoms with van der Waals surface area (Å²) >= 11 is 1.19. The number of anilines is 1. The quantitative estimate of drug-likeness (QED) is 0.399. The molecule has 154 valence electrons. The fraction of sp³-hybridized carbons (Fsp3) is 0.273. The van der Waals surface area contributed by atoms with Gasteiger partial charge in [0.1, 0.15) is 5.75 Å². The fourth-order valence-corrected chi connectivity index (χ4v) is 3.84. The molecule has 1 saturated heterocycles. The monoisotopic (exact) mass is 423 g/mol. The van der Waals surface area contributed by atoms with E-state index in [0.717, 1.165) is 30.0 Å². The number of amides is 1. The van der Waals surface area contributed by atoms with Crippen molar-refractivity contribution in [1.29, 1.82) is 0 Å². The van der Waals surface area contributed by atoms with Crippen LogP contribution in [0, 0.1) is 6.92 Å². The Balaban J connectivity index is 1.28. The maximum atomic E-state index is 12.4. The van der Waals surface area contributed by atoms with Crippen LogP contribution in [0.1, 0.15) is 34.7 Å². The molecule has 0 unspecified atom stereocenters.